The third kappa shape index (κ3) is 2.46. The first-order valence-electron chi connectivity index (χ1n) is 8.25. The van der Waals surface area contributed by atoms with Crippen LogP contribution in [-0.4, -0.2) is 34.6 Å². The van der Waals surface area contributed by atoms with Gasteiger partial charge in [-0.25, -0.2) is 12.8 Å². The molecule has 2 unspecified atom stereocenters. The number of aryl methyl sites for hydroxylation is 1. The molecule has 0 amide bonds. The number of piperidine rings is 1. The smallest absolute Gasteiger partial charge is 0.243 e. The number of hydrogen-bond donors (Lipinski definition) is 0. The first kappa shape index (κ1) is 15.8. The Hall–Kier alpha value is -1.73. The molecule has 2 bridgehead atoms. The molecule has 3 heterocycles. The second kappa shape index (κ2) is 5.67. The van der Waals surface area contributed by atoms with Gasteiger partial charge in [0.2, 0.25) is 10.0 Å². The Morgan fingerprint density at radius 1 is 1.17 bits per heavy atom. The van der Waals surface area contributed by atoms with Crippen LogP contribution in [0.3, 0.4) is 0 Å². The van der Waals surface area contributed by atoms with Crippen molar-refractivity contribution >= 4 is 10.0 Å². The van der Waals surface area contributed by atoms with Gasteiger partial charge in [0.05, 0.1) is 10.9 Å². The third-order valence-electron chi connectivity index (χ3n) is 5.23. The average Bonchev–Trinajstić information content (AvgIpc) is 3.14. The SMILES string of the molecule is Cc1cc(F)ccc1S(=O)(=O)N1C2CCC1CC(n1cccn1)C2. The van der Waals surface area contributed by atoms with E-state index in [4.69, 9.17) is 0 Å². The van der Waals surface area contributed by atoms with Gasteiger partial charge in [-0.05, 0) is 62.4 Å². The Kier molecular flexibility index (Phi) is 3.73. The summed E-state index contributed by atoms with van der Waals surface area (Å²) in [4.78, 5) is 0.221. The van der Waals surface area contributed by atoms with E-state index in [9.17, 15) is 12.8 Å². The molecular weight excluding hydrogens is 329 g/mol. The van der Waals surface area contributed by atoms with Crippen LogP contribution in [0.5, 0.6) is 0 Å². The minimum Gasteiger partial charge on any atom is -0.270 e. The fourth-order valence-corrected chi connectivity index (χ4v) is 6.33. The van der Waals surface area contributed by atoms with Gasteiger partial charge in [0, 0.05) is 24.5 Å². The van der Waals surface area contributed by atoms with Crippen molar-refractivity contribution in [2.24, 2.45) is 0 Å². The molecule has 1 aromatic heterocycles. The first-order valence-corrected chi connectivity index (χ1v) is 9.69. The predicted octanol–water partition coefficient (Wildman–Crippen LogP) is 2.89. The molecule has 0 spiro atoms. The van der Waals surface area contributed by atoms with Crippen molar-refractivity contribution in [3.8, 4) is 0 Å². The maximum absolute atomic E-state index is 13.3. The minimum absolute atomic E-state index is 0.00703. The molecule has 4 rings (SSSR count). The second-order valence-corrected chi connectivity index (χ2v) is 8.55. The van der Waals surface area contributed by atoms with Gasteiger partial charge in [-0.3, -0.25) is 4.68 Å². The molecule has 128 valence electrons. The van der Waals surface area contributed by atoms with E-state index in [0.29, 0.717) is 5.56 Å². The third-order valence-corrected chi connectivity index (χ3v) is 7.40. The van der Waals surface area contributed by atoms with E-state index >= 15 is 0 Å². The Labute approximate surface area is 141 Å². The molecule has 2 aliphatic rings. The van der Waals surface area contributed by atoms with Crippen LogP contribution in [0, 0.1) is 12.7 Å². The standard InChI is InChI=1S/C17H20FN3O2S/c1-12-9-13(18)3-6-17(12)24(22,23)21-14-4-5-15(21)11-16(10-14)20-8-2-7-19-20/h2-3,6-9,14-16H,4-5,10-11H2,1H3. The van der Waals surface area contributed by atoms with Gasteiger partial charge in [0.1, 0.15) is 5.82 Å². The highest BCUT2D eigenvalue weighted by molar-refractivity contribution is 7.89. The molecule has 2 aromatic rings. The molecule has 2 saturated heterocycles. The van der Waals surface area contributed by atoms with Crippen LogP contribution < -0.4 is 0 Å². The van der Waals surface area contributed by atoms with Gasteiger partial charge >= 0.3 is 0 Å². The van der Waals surface area contributed by atoms with E-state index in [0.717, 1.165) is 25.7 Å². The lowest BCUT2D eigenvalue weighted by Crippen LogP contribution is -2.47. The van der Waals surface area contributed by atoms with Crippen molar-refractivity contribution in [3.63, 3.8) is 0 Å². The van der Waals surface area contributed by atoms with Gasteiger partial charge in [0.25, 0.3) is 0 Å². The molecule has 5 nitrogen and oxygen atoms in total. The Morgan fingerprint density at radius 2 is 1.88 bits per heavy atom. The van der Waals surface area contributed by atoms with Crippen LogP contribution in [0.1, 0.15) is 37.3 Å². The molecule has 2 fully saturated rings. The highest BCUT2D eigenvalue weighted by Gasteiger charge is 2.48. The Bertz CT molecular complexity index is 837. The van der Waals surface area contributed by atoms with Crippen LogP contribution in [0.25, 0.3) is 0 Å². The predicted molar refractivity (Wildman–Crippen MR) is 87.5 cm³/mol. The van der Waals surface area contributed by atoms with Crippen molar-refractivity contribution in [2.45, 2.75) is 55.6 Å². The van der Waals surface area contributed by atoms with E-state index in [1.807, 2.05) is 16.9 Å². The van der Waals surface area contributed by atoms with Crippen molar-refractivity contribution in [1.82, 2.24) is 14.1 Å². The summed E-state index contributed by atoms with van der Waals surface area (Å²) in [6.07, 6.45) is 7.00. The molecular formula is C17H20FN3O2S. The summed E-state index contributed by atoms with van der Waals surface area (Å²) in [6.45, 7) is 1.65. The summed E-state index contributed by atoms with van der Waals surface area (Å²) < 4.78 is 43.3. The highest BCUT2D eigenvalue weighted by atomic mass is 32.2. The number of nitrogens with zero attached hydrogens (tertiary/aromatic N) is 3. The van der Waals surface area contributed by atoms with Crippen molar-refractivity contribution in [3.05, 3.63) is 48.0 Å². The Balaban J connectivity index is 1.65. The number of sulfonamides is 1. The minimum atomic E-state index is -3.60. The van der Waals surface area contributed by atoms with E-state index in [1.165, 1.54) is 18.2 Å². The molecule has 2 aliphatic heterocycles. The molecule has 0 saturated carbocycles. The van der Waals surface area contributed by atoms with E-state index < -0.39 is 15.8 Å². The van der Waals surface area contributed by atoms with Crippen molar-refractivity contribution in [1.29, 1.82) is 0 Å². The number of halogens is 1. The largest absolute Gasteiger partial charge is 0.270 e. The molecule has 1 aromatic carbocycles. The summed E-state index contributed by atoms with van der Waals surface area (Å²) >= 11 is 0. The number of fused-ring (bicyclic) bond motifs is 2. The molecule has 24 heavy (non-hydrogen) atoms. The van der Waals surface area contributed by atoms with E-state index in [-0.39, 0.29) is 23.0 Å². The monoisotopic (exact) mass is 349 g/mol. The number of rotatable bonds is 3. The van der Waals surface area contributed by atoms with Gasteiger partial charge in [-0.2, -0.15) is 9.40 Å². The summed E-state index contributed by atoms with van der Waals surface area (Å²) in [5.74, 6) is -0.410. The number of benzene rings is 1. The van der Waals surface area contributed by atoms with Crippen LogP contribution >= 0.6 is 0 Å². The molecule has 0 radical (unpaired) electrons. The summed E-state index contributed by atoms with van der Waals surface area (Å²) in [6, 6.07) is 6.02. The van der Waals surface area contributed by atoms with Crippen LogP contribution in [-0.2, 0) is 10.0 Å². The van der Waals surface area contributed by atoms with Gasteiger partial charge in [0.15, 0.2) is 0 Å². The summed E-state index contributed by atoms with van der Waals surface area (Å²) in [5.41, 5.74) is 0.462. The van der Waals surface area contributed by atoms with Crippen LogP contribution in [0.2, 0.25) is 0 Å². The first-order chi connectivity index (χ1) is 11.5. The van der Waals surface area contributed by atoms with E-state index in [2.05, 4.69) is 5.10 Å². The average molecular weight is 349 g/mol. The maximum Gasteiger partial charge on any atom is 0.243 e. The normalized spacial score (nSPS) is 27.5. The lowest BCUT2D eigenvalue weighted by atomic mass is 10.00. The zero-order chi connectivity index (χ0) is 16.9. The zero-order valence-corrected chi connectivity index (χ0v) is 14.3. The summed E-state index contributed by atoms with van der Waals surface area (Å²) in [5, 5.41) is 4.31. The lowest BCUT2D eigenvalue weighted by molar-refractivity contribution is 0.184. The number of hydrogen-bond acceptors (Lipinski definition) is 3. The molecule has 0 aliphatic carbocycles. The highest BCUT2D eigenvalue weighted by Crippen LogP contribution is 2.43. The van der Waals surface area contributed by atoms with Gasteiger partial charge in [-0.15, -0.1) is 0 Å². The van der Waals surface area contributed by atoms with Crippen LogP contribution in [0.4, 0.5) is 4.39 Å². The van der Waals surface area contributed by atoms with Crippen molar-refractivity contribution < 1.29 is 12.8 Å². The number of aromatic nitrogens is 2. The topological polar surface area (TPSA) is 55.2 Å². The quantitative estimate of drug-likeness (QED) is 0.856. The zero-order valence-electron chi connectivity index (χ0n) is 13.5. The lowest BCUT2D eigenvalue weighted by Gasteiger charge is -2.38. The Morgan fingerprint density at radius 3 is 2.46 bits per heavy atom. The molecule has 0 N–H and O–H groups in total. The van der Waals surface area contributed by atoms with E-state index in [1.54, 1.807) is 17.4 Å². The van der Waals surface area contributed by atoms with Crippen LogP contribution in [0.15, 0.2) is 41.6 Å². The van der Waals surface area contributed by atoms with Crippen molar-refractivity contribution in [2.75, 3.05) is 0 Å². The van der Waals surface area contributed by atoms with Gasteiger partial charge < -0.3 is 0 Å². The molecule has 7 heteroatoms. The fraction of sp³-hybridized carbons (Fsp3) is 0.471. The molecule has 2 atom stereocenters. The fourth-order valence-electron chi connectivity index (χ4n) is 4.23. The second-order valence-electron chi connectivity index (χ2n) is 6.74. The maximum atomic E-state index is 13.3. The van der Waals surface area contributed by atoms with Gasteiger partial charge in [-0.1, -0.05) is 0 Å². The summed E-state index contributed by atoms with van der Waals surface area (Å²) in [7, 11) is -3.60.